The maximum atomic E-state index is 12.4. The fraction of sp³-hybridized carbons (Fsp3) is 0.133. The Kier molecular flexibility index (Phi) is 5.46. The number of carbonyl (C=O) groups excluding carboxylic acids is 1. The van der Waals surface area contributed by atoms with Crippen molar-refractivity contribution in [1.29, 1.82) is 0 Å². The normalized spacial score (nSPS) is 10.2. The van der Waals surface area contributed by atoms with Gasteiger partial charge in [0.1, 0.15) is 10.8 Å². The summed E-state index contributed by atoms with van der Waals surface area (Å²) >= 11 is 7.28. The highest BCUT2D eigenvalue weighted by Gasteiger charge is 2.16. The van der Waals surface area contributed by atoms with Crippen molar-refractivity contribution >= 4 is 40.6 Å². The number of nitro groups is 1. The van der Waals surface area contributed by atoms with Gasteiger partial charge in [-0.05, 0) is 36.6 Å². The lowest BCUT2D eigenvalue weighted by Crippen LogP contribution is -2.13. The summed E-state index contributed by atoms with van der Waals surface area (Å²) in [6.07, 6.45) is 1.92. The maximum Gasteiger partial charge on any atom is 0.289 e. The number of nitrogens with zero attached hydrogens (tertiary/aromatic N) is 1. The molecule has 0 bridgehead atoms. The minimum atomic E-state index is -0.605. The fourth-order valence-electron chi connectivity index (χ4n) is 1.91. The number of benzene rings is 2. The van der Waals surface area contributed by atoms with Crippen LogP contribution in [0.15, 0.2) is 41.3 Å². The number of amides is 1. The van der Waals surface area contributed by atoms with Gasteiger partial charge in [0, 0.05) is 16.6 Å². The molecule has 2 rings (SSSR count). The van der Waals surface area contributed by atoms with Gasteiger partial charge in [0.2, 0.25) is 0 Å². The van der Waals surface area contributed by atoms with Gasteiger partial charge in [-0.1, -0.05) is 11.6 Å². The molecule has 0 aliphatic rings. The first kappa shape index (κ1) is 17.1. The first-order valence-electron chi connectivity index (χ1n) is 6.43. The van der Waals surface area contributed by atoms with Gasteiger partial charge in [0.15, 0.2) is 0 Å². The predicted octanol–water partition coefficient (Wildman–Crippen LogP) is 4.23. The van der Waals surface area contributed by atoms with Crippen LogP contribution in [0.2, 0.25) is 5.02 Å². The quantitative estimate of drug-likeness (QED) is 0.494. The third-order valence-corrected chi connectivity index (χ3v) is 4.10. The Labute approximate surface area is 141 Å². The van der Waals surface area contributed by atoms with Crippen LogP contribution in [0.3, 0.4) is 0 Å². The van der Waals surface area contributed by atoms with E-state index in [-0.39, 0.29) is 16.4 Å². The smallest absolute Gasteiger partial charge is 0.289 e. The second-order valence-corrected chi connectivity index (χ2v) is 5.73. The molecule has 0 aliphatic heterocycles. The number of methoxy groups -OCH3 is 1. The molecule has 0 spiro atoms. The Morgan fingerprint density at radius 2 is 2.04 bits per heavy atom. The number of nitro benzene ring substituents is 1. The van der Waals surface area contributed by atoms with E-state index in [4.69, 9.17) is 16.3 Å². The molecular formula is C15H13ClN2O4S. The number of halogens is 1. The van der Waals surface area contributed by atoms with E-state index in [2.05, 4.69) is 5.32 Å². The van der Waals surface area contributed by atoms with Crippen molar-refractivity contribution in [2.24, 2.45) is 0 Å². The van der Waals surface area contributed by atoms with Crippen LogP contribution >= 0.6 is 23.4 Å². The molecule has 0 radical (unpaired) electrons. The molecule has 0 saturated heterocycles. The Hall–Kier alpha value is -2.25. The van der Waals surface area contributed by atoms with Crippen LogP contribution in [-0.4, -0.2) is 24.2 Å². The zero-order valence-electron chi connectivity index (χ0n) is 12.3. The average molecular weight is 353 g/mol. The van der Waals surface area contributed by atoms with Gasteiger partial charge < -0.3 is 10.1 Å². The number of ether oxygens (including phenoxy) is 1. The fourth-order valence-corrected chi connectivity index (χ4v) is 2.53. The van der Waals surface area contributed by atoms with Gasteiger partial charge in [0.25, 0.3) is 11.6 Å². The molecule has 2 aromatic carbocycles. The zero-order valence-corrected chi connectivity index (χ0v) is 13.9. The van der Waals surface area contributed by atoms with Gasteiger partial charge in [-0.25, -0.2) is 0 Å². The second kappa shape index (κ2) is 7.34. The maximum absolute atomic E-state index is 12.4. The van der Waals surface area contributed by atoms with Crippen molar-refractivity contribution in [3.05, 3.63) is 57.1 Å². The topological polar surface area (TPSA) is 81.5 Å². The number of hydrogen-bond acceptors (Lipinski definition) is 5. The van der Waals surface area contributed by atoms with Crippen molar-refractivity contribution in [3.8, 4) is 5.75 Å². The van der Waals surface area contributed by atoms with E-state index < -0.39 is 10.8 Å². The van der Waals surface area contributed by atoms with Gasteiger partial charge in [-0.2, -0.15) is 0 Å². The average Bonchev–Trinajstić information content (AvgIpc) is 2.55. The number of carbonyl (C=O) groups is 1. The van der Waals surface area contributed by atoms with Crippen molar-refractivity contribution in [2.75, 3.05) is 18.7 Å². The van der Waals surface area contributed by atoms with E-state index in [9.17, 15) is 14.9 Å². The highest BCUT2D eigenvalue weighted by molar-refractivity contribution is 7.98. The molecule has 2 aromatic rings. The summed E-state index contributed by atoms with van der Waals surface area (Å²) in [7, 11) is 1.48. The molecule has 1 amide bonds. The Bertz CT molecular complexity index is 767. The molecule has 0 aliphatic carbocycles. The standard InChI is InChI=1S/C15H13ClN2O4S/c1-22-14-8-10(23-2)4-5-11(14)15(19)17-9-3-6-12(16)13(7-9)18(20)21/h3-8H,1-2H3,(H,17,19). The Morgan fingerprint density at radius 3 is 2.65 bits per heavy atom. The molecular weight excluding hydrogens is 340 g/mol. The van der Waals surface area contributed by atoms with E-state index in [1.807, 2.05) is 6.26 Å². The van der Waals surface area contributed by atoms with Gasteiger partial charge in [-0.15, -0.1) is 11.8 Å². The molecule has 0 unspecified atom stereocenters. The monoisotopic (exact) mass is 352 g/mol. The summed E-state index contributed by atoms with van der Waals surface area (Å²) in [5.74, 6) is 0.00365. The predicted molar refractivity (Wildman–Crippen MR) is 90.8 cm³/mol. The number of nitrogens with one attached hydrogen (secondary N) is 1. The SMILES string of the molecule is COc1cc(SC)ccc1C(=O)Nc1ccc(Cl)c([N+](=O)[O-])c1. The van der Waals surface area contributed by atoms with Crippen LogP contribution < -0.4 is 10.1 Å². The summed E-state index contributed by atoms with van der Waals surface area (Å²) in [5, 5.41) is 13.5. The number of thioether (sulfide) groups is 1. The molecule has 23 heavy (non-hydrogen) atoms. The second-order valence-electron chi connectivity index (χ2n) is 4.44. The van der Waals surface area contributed by atoms with Crippen LogP contribution in [0.5, 0.6) is 5.75 Å². The van der Waals surface area contributed by atoms with Crippen molar-refractivity contribution in [3.63, 3.8) is 0 Å². The number of anilines is 1. The molecule has 1 N–H and O–H groups in total. The highest BCUT2D eigenvalue weighted by Crippen LogP contribution is 2.29. The molecule has 0 heterocycles. The molecule has 0 fully saturated rings. The van der Waals surface area contributed by atoms with Crippen molar-refractivity contribution in [1.82, 2.24) is 0 Å². The number of rotatable bonds is 5. The minimum absolute atomic E-state index is 0.00917. The Morgan fingerprint density at radius 1 is 1.30 bits per heavy atom. The molecule has 8 heteroatoms. The van der Waals surface area contributed by atoms with Crippen LogP contribution in [0, 0.1) is 10.1 Å². The summed E-state index contributed by atoms with van der Waals surface area (Å²) in [6, 6.07) is 9.27. The number of hydrogen-bond donors (Lipinski definition) is 1. The molecule has 0 aromatic heterocycles. The molecule has 0 atom stereocenters. The van der Waals surface area contributed by atoms with Crippen LogP contribution in [0.25, 0.3) is 0 Å². The zero-order chi connectivity index (χ0) is 17.0. The molecule has 0 saturated carbocycles. The van der Waals surface area contributed by atoms with E-state index in [0.717, 1.165) is 4.90 Å². The first-order valence-corrected chi connectivity index (χ1v) is 8.04. The van der Waals surface area contributed by atoms with Crippen LogP contribution in [-0.2, 0) is 0 Å². The summed E-state index contributed by atoms with van der Waals surface area (Å²) in [6.45, 7) is 0. The van der Waals surface area contributed by atoms with Crippen LogP contribution in [0.4, 0.5) is 11.4 Å². The van der Waals surface area contributed by atoms with Crippen molar-refractivity contribution in [2.45, 2.75) is 4.90 Å². The lowest BCUT2D eigenvalue weighted by atomic mass is 10.1. The first-order chi connectivity index (χ1) is 11.0. The molecule has 6 nitrogen and oxygen atoms in total. The molecule has 120 valence electrons. The van der Waals surface area contributed by atoms with E-state index in [1.54, 1.807) is 18.2 Å². The Balaban J connectivity index is 2.29. The lowest BCUT2D eigenvalue weighted by Gasteiger charge is -2.10. The van der Waals surface area contributed by atoms with Crippen LogP contribution in [0.1, 0.15) is 10.4 Å². The van der Waals surface area contributed by atoms with Gasteiger partial charge >= 0.3 is 0 Å². The summed E-state index contributed by atoms with van der Waals surface area (Å²) in [5.41, 5.74) is 0.346. The van der Waals surface area contributed by atoms with E-state index in [0.29, 0.717) is 11.3 Å². The van der Waals surface area contributed by atoms with Gasteiger partial charge in [-0.3, -0.25) is 14.9 Å². The minimum Gasteiger partial charge on any atom is -0.496 e. The summed E-state index contributed by atoms with van der Waals surface area (Å²) in [4.78, 5) is 23.6. The third kappa shape index (κ3) is 3.94. The van der Waals surface area contributed by atoms with Gasteiger partial charge in [0.05, 0.1) is 17.6 Å². The summed E-state index contributed by atoms with van der Waals surface area (Å²) < 4.78 is 5.22. The largest absolute Gasteiger partial charge is 0.496 e. The van der Waals surface area contributed by atoms with Crippen molar-refractivity contribution < 1.29 is 14.5 Å². The lowest BCUT2D eigenvalue weighted by molar-refractivity contribution is -0.384. The van der Waals surface area contributed by atoms with E-state index in [1.165, 1.54) is 37.1 Å². The third-order valence-electron chi connectivity index (χ3n) is 3.05. The highest BCUT2D eigenvalue weighted by atomic mass is 35.5. The van der Waals surface area contributed by atoms with E-state index >= 15 is 0 Å².